The molecular formula is C16H28N2O. The van der Waals surface area contributed by atoms with Crippen LogP contribution in [0.25, 0.3) is 0 Å². The number of hydrogen-bond donors (Lipinski definition) is 1. The summed E-state index contributed by atoms with van der Waals surface area (Å²) in [6.07, 6.45) is 4.25. The fourth-order valence-corrected chi connectivity index (χ4v) is 1.79. The Morgan fingerprint density at radius 1 is 1.21 bits per heavy atom. The number of ether oxygens (including phenoxy) is 1. The van der Waals surface area contributed by atoms with E-state index in [4.69, 9.17) is 4.74 Å². The predicted molar refractivity (Wildman–Crippen MR) is 80.5 cm³/mol. The van der Waals surface area contributed by atoms with Crippen molar-refractivity contribution < 1.29 is 4.74 Å². The van der Waals surface area contributed by atoms with Crippen LogP contribution < -0.4 is 10.1 Å². The molecule has 19 heavy (non-hydrogen) atoms. The SMILES string of the molecule is CCCNC(CC)c1ccc(OC(C)C(C)C)cn1. The number of hydrogen-bond acceptors (Lipinski definition) is 3. The van der Waals surface area contributed by atoms with E-state index >= 15 is 0 Å². The molecule has 0 aliphatic heterocycles. The second-order valence-corrected chi connectivity index (χ2v) is 5.40. The molecule has 0 spiro atoms. The van der Waals surface area contributed by atoms with Crippen LogP contribution in [0.2, 0.25) is 0 Å². The van der Waals surface area contributed by atoms with E-state index in [1.165, 1.54) is 0 Å². The van der Waals surface area contributed by atoms with Crippen molar-refractivity contribution in [2.24, 2.45) is 5.92 Å². The maximum absolute atomic E-state index is 5.84. The van der Waals surface area contributed by atoms with Crippen LogP contribution >= 0.6 is 0 Å². The van der Waals surface area contributed by atoms with Crippen molar-refractivity contribution in [3.8, 4) is 5.75 Å². The molecule has 108 valence electrons. The first-order chi connectivity index (χ1) is 9.08. The number of nitrogens with zero attached hydrogens (tertiary/aromatic N) is 1. The molecule has 0 saturated heterocycles. The second kappa shape index (κ2) is 8.16. The van der Waals surface area contributed by atoms with Crippen molar-refractivity contribution in [3.63, 3.8) is 0 Å². The van der Waals surface area contributed by atoms with Gasteiger partial charge in [-0.2, -0.15) is 0 Å². The van der Waals surface area contributed by atoms with Gasteiger partial charge in [0.15, 0.2) is 0 Å². The first-order valence-electron chi connectivity index (χ1n) is 7.44. The van der Waals surface area contributed by atoms with Crippen LogP contribution in [0.1, 0.15) is 59.2 Å². The maximum Gasteiger partial charge on any atom is 0.138 e. The van der Waals surface area contributed by atoms with Gasteiger partial charge in [0.2, 0.25) is 0 Å². The predicted octanol–water partition coefficient (Wildman–Crippen LogP) is 3.96. The van der Waals surface area contributed by atoms with E-state index in [9.17, 15) is 0 Å². The van der Waals surface area contributed by atoms with E-state index in [0.29, 0.717) is 12.0 Å². The van der Waals surface area contributed by atoms with Crippen LogP contribution in [0.4, 0.5) is 0 Å². The minimum absolute atomic E-state index is 0.216. The summed E-state index contributed by atoms with van der Waals surface area (Å²) in [4.78, 5) is 4.53. The highest BCUT2D eigenvalue weighted by atomic mass is 16.5. The van der Waals surface area contributed by atoms with E-state index in [1.54, 1.807) is 0 Å². The van der Waals surface area contributed by atoms with Gasteiger partial charge in [-0.25, -0.2) is 0 Å². The Bertz CT molecular complexity index is 348. The van der Waals surface area contributed by atoms with Gasteiger partial charge >= 0.3 is 0 Å². The van der Waals surface area contributed by atoms with Crippen molar-refractivity contribution in [2.75, 3.05) is 6.54 Å². The monoisotopic (exact) mass is 264 g/mol. The third-order valence-electron chi connectivity index (χ3n) is 3.43. The summed E-state index contributed by atoms with van der Waals surface area (Å²) < 4.78 is 5.84. The average Bonchev–Trinajstić information content (AvgIpc) is 2.41. The van der Waals surface area contributed by atoms with Gasteiger partial charge in [-0.05, 0) is 44.4 Å². The Morgan fingerprint density at radius 2 is 1.95 bits per heavy atom. The molecule has 1 rings (SSSR count). The molecule has 0 radical (unpaired) electrons. The Labute approximate surface area is 117 Å². The molecule has 2 atom stereocenters. The lowest BCUT2D eigenvalue weighted by atomic mass is 10.1. The number of pyridine rings is 1. The van der Waals surface area contributed by atoms with E-state index in [-0.39, 0.29) is 6.10 Å². The van der Waals surface area contributed by atoms with Crippen LogP contribution in [-0.4, -0.2) is 17.6 Å². The van der Waals surface area contributed by atoms with Crippen LogP contribution in [0.3, 0.4) is 0 Å². The van der Waals surface area contributed by atoms with E-state index in [2.05, 4.69) is 51.0 Å². The van der Waals surface area contributed by atoms with Gasteiger partial charge in [0.05, 0.1) is 18.0 Å². The Balaban J connectivity index is 2.64. The lowest BCUT2D eigenvalue weighted by Gasteiger charge is -2.19. The summed E-state index contributed by atoms with van der Waals surface area (Å²) in [7, 11) is 0. The molecule has 0 aromatic carbocycles. The van der Waals surface area contributed by atoms with Crippen LogP contribution in [0, 0.1) is 5.92 Å². The minimum atomic E-state index is 0.216. The summed E-state index contributed by atoms with van der Waals surface area (Å²) in [5.74, 6) is 1.37. The van der Waals surface area contributed by atoms with Crippen LogP contribution in [-0.2, 0) is 0 Å². The molecule has 0 amide bonds. The smallest absolute Gasteiger partial charge is 0.138 e. The normalized spacial score (nSPS) is 14.4. The minimum Gasteiger partial charge on any atom is -0.489 e. The van der Waals surface area contributed by atoms with E-state index in [0.717, 1.165) is 30.8 Å². The highest BCUT2D eigenvalue weighted by Gasteiger charge is 2.11. The first-order valence-corrected chi connectivity index (χ1v) is 7.44. The molecule has 0 aliphatic rings. The third kappa shape index (κ3) is 5.19. The number of nitrogens with one attached hydrogen (secondary N) is 1. The van der Waals surface area contributed by atoms with Gasteiger partial charge in [-0.15, -0.1) is 0 Å². The molecule has 3 heteroatoms. The highest BCUT2D eigenvalue weighted by molar-refractivity contribution is 5.21. The zero-order chi connectivity index (χ0) is 14.3. The molecule has 1 aromatic rings. The Morgan fingerprint density at radius 3 is 2.42 bits per heavy atom. The average molecular weight is 264 g/mol. The van der Waals surface area contributed by atoms with Gasteiger partial charge in [-0.3, -0.25) is 4.98 Å². The molecule has 0 saturated carbocycles. The summed E-state index contributed by atoms with van der Waals surface area (Å²) in [6, 6.07) is 4.44. The summed E-state index contributed by atoms with van der Waals surface area (Å²) in [5, 5.41) is 3.51. The van der Waals surface area contributed by atoms with Gasteiger partial charge in [-0.1, -0.05) is 27.7 Å². The molecule has 0 bridgehead atoms. The van der Waals surface area contributed by atoms with Gasteiger partial charge in [0.1, 0.15) is 5.75 Å². The van der Waals surface area contributed by atoms with Crippen molar-refractivity contribution in [3.05, 3.63) is 24.0 Å². The van der Waals surface area contributed by atoms with E-state index < -0.39 is 0 Å². The maximum atomic E-state index is 5.84. The largest absolute Gasteiger partial charge is 0.489 e. The third-order valence-corrected chi connectivity index (χ3v) is 3.43. The molecule has 1 aromatic heterocycles. The summed E-state index contributed by atoms with van der Waals surface area (Å²) in [6.45, 7) is 11.8. The fourth-order valence-electron chi connectivity index (χ4n) is 1.79. The lowest BCUT2D eigenvalue weighted by molar-refractivity contribution is 0.169. The Kier molecular flexibility index (Phi) is 6.85. The van der Waals surface area contributed by atoms with Crippen molar-refractivity contribution in [2.45, 2.75) is 59.6 Å². The quantitative estimate of drug-likeness (QED) is 0.772. The first kappa shape index (κ1) is 16.0. The molecule has 3 nitrogen and oxygen atoms in total. The standard InChI is InChI=1S/C16H28N2O/c1-6-10-17-15(7-2)16-9-8-14(11-18-16)19-13(5)12(3)4/h8-9,11-13,15,17H,6-7,10H2,1-5H3. The van der Waals surface area contributed by atoms with Crippen molar-refractivity contribution in [1.82, 2.24) is 10.3 Å². The Hall–Kier alpha value is -1.09. The van der Waals surface area contributed by atoms with Gasteiger partial charge in [0, 0.05) is 6.04 Å². The van der Waals surface area contributed by atoms with Crippen molar-refractivity contribution >= 4 is 0 Å². The summed E-state index contributed by atoms with van der Waals surface area (Å²) in [5.41, 5.74) is 1.10. The van der Waals surface area contributed by atoms with Crippen LogP contribution in [0.5, 0.6) is 5.75 Å². The molecule has 1 N–H and O–H groups in total. The highest BCUT2D eigenvalue weighted by Crippen LogP contribution is 2.19. The number of aromatic nitrogens is 1. The number of rotatable bonds is 8. The van der Waals surface area contributed by atoms with Crippen LogP contribution in [0.15, 0.2) is 18.3 Å². The molecule has 0 fully saturated rings. The molecule has 2 unspecified atom stereocenters. The molecule has 0 aliphatic carbocycles. The van der Waals surface area contributed by atoms with E-state index in [1.807, 2.05) is 12.3 Å². The lowest BCUT2D eigenvalue weighted by Crippen LogP contribution is -2.22. The van der Waals surface area contributed by atoms with Crippen molar-refractivity contribution in [1.29, 1.82) is 0 Å². The zero-order valence-electron chi connectivity index (χ0n) is 12.9. The van der Waals surface area contributed by atoms with Gasteiger partial charge < -0.3 is 10.1 Å². The zero-order valence-corrected chi connectivity index (χ0v) is 12.9. The molecular weight excluding hydrogens is 236 g/mol. The topological polar surface area (TPSA) is 34.1 Å². The molecule has 1 heterocycles. The summed E-state index contributed by atoms with van der Waals surface area (Å²) >= 11 is 0. The van der Waals surface area contributed by atoms with Gasteiger partial charge in [0.25, 0.3) is 0 Å². The fraction of sp³-hybridized carbons (Fsp3) is 0.688. The second-order valence-electron chi connectivity index (χ2n) is 5.40.